The number of rotatable bonds is 4. The van der Waals surface area contributed by atoms with E-state index < -0.39 is 0 Å². The first kappa shape index (κ1) is 15.3. The average molecular weight is 330 g/mol. The second-order valence-corrected chi connectivity index (χ2v) is 6.23. The molecule has 6 nitrogen and oxygen atoms in total. The van der Waals surface area contributed by atoms with Crippen LogP contribution in [-0.2, 0) is 0 Å². The minimum absolute atomic E-state index is 0.269. The number of aromatic nitrogens is 3. The van der Waals surface area contributed by atoms with Crippen molar-refractivity contribution in [1.82, 2.24) is 15.0 Å². The molecule has 0 unspecified atom stereocenters. The highest BCUT2D eigenvalue weighted by Gasteiger charge is 2.16. The van der Waals surface area contributed by atoms with Crippen LogP contribution in [0.15, 0.2) is 42.7 Å². The van der Waals surface area contributed by atoms with Crippen LogP contribution in [0.3, 0.4) is 0 Å². The van der Waals surface area contributed by atoms with E-state index in [0.717, 1.165) is 29.4 Å². The van der Waals surface area contributed by atoms with Crippen molar-refractivity contribution in [3.8, 4) is 6.07 Å². The maximum atomic E-state index is 9.31. The Kier molecular flexibility index (Phi) is 4.13. The van der Waals surface area contributed by atoms with Gasteiger partial charge in [-0.3, -0.25) is 4.98 Å². The molecule has 0 atom stereocenters. The predicted molar refractivity (Wildman–Crippen MR) is 97.7 cm³/mol. The van der Waals surface area contributed by atoms with E-state index in [1.54, 1.807) is 12.4 Å². The number of fused-ring (bicyclic) bond motifs is 1. The highest BCUT2D eigenvalue weighted by Crippen LogP contribution is 2.24. The lowest BCUT2D eigenvalue weighted by Gasteiger charge is -2.14. The molecular weight excluding hydrogens is 312 g/mol. The van der Waals surface area contributed by atoms with Crippen molar-refractivity contribution in [1.29, 1.82) is 5.26 Å². The molecule has 6 heteroatoms. The van der Waals surface area contributed by atoms with Crippen molar-refractivity contribution < 1.29 is 0 Å². The molecule has 25 heavy (non-hydrogen) atoms. The summed E-state index contributed by atoms with van der Waals surface area (Å²) in [5.41, 5.74) is 1.98. The zero-order valence-corrected chi connectivity index (χ0v) is 13.7. The minimum Gasteiger partial charge on any atom is -0.366 e. The predicted octanol–water partition coefficient (Wildman–Crippen LogP) is 3.99. The van der Waals surface area contributed by atoms with Crippen LogP contribution in [0.25, 0.3) is 10.9 Å². The van der Waals surface area contributed by atoms with Crippen LogP contribution in [0.5, 0.6) is 0 Å². The summed E-state index contributed by atoms with van der Waals surface area (Å²) >= 11 is 0. The Hall–Kier alpha value is -3.20. The number of hydrogen-bond donors (Lipinski definition) is 2. The van der Waals surface area contributed by atoms with Gasteiger partial charge in [0.1, 0.15) is 11.9 Å². The molecule has 1 aliphatic carbocycles. The molecule has 2 N–H and O–H groups in total. The summed E-state index contributed by atoms with van der Waals surface area (Å²) in [5.74, 6) is 1.14. The zero-order chi connectivity index (χ0) is 17.1. The summed E-state index contributed by atoms with van der Waals surface area (Å²) in [4.78, 5) is 13.2. The maximum Gasteiger partial charge on any atom is 0.183 e. The van der Waals surface area contributed by atoms with Crippen LogP contribution in [0.1, 0.15) is 31.4 Å². The van der Waals surface area contributed by atoms with Gasteiger partial charge in [-0.05, 0) is 25.0 Å². The molecule has 1 saturated carbocycles. The van der Waals surface area contributed by atoms with Gasteiger partial charge in [-0.25, -0.2) is 9.97 Å². The number of pyridine rings is 1. The SMILES string of the molecule is N#Cc1ncc(NC2CCCC2)nc1Nc1cnc2ccccc2c1. The maximum absolute atomic E-state index is 9.31. The van der Waals surface area contributed by atoms with E-state index in [1.807, 2.05) is 30.3 Å². The number of nitrogens with one attached hydrogen (secondary N) is 2. The molecule has 2 heterocycles. The van der Waals surface area contributed by atoms with Crippen LogP contribution < -0.4 is 10.6 Å². The highest BCUT2D eigenvalue weighted by atomic mass is 15.1. The van der Waals surface area contributed by atoms with Gasteiger partial charge in [-0.2, -0.15) is 5.26 Å². The normalized spacial score (nSPS) is 14.4. The third-order valence-corrected chi connectivity index (χ3v) is 4.44. The van der Waals surface area contributed by atoms with Gasteiger partial charge in [0, 0.05) is 11.4 Å². The molecule has 0 amide bonds. The van der Waals surface area contributed by atoms with Crippen molar-refractivity contribution in [2.24, 2.45) is 0 Å². The molecule has 0 radical (unpaired) electrons. The van der Waals surface area contributed by atoms with E-state index in [-0.39, 0.29) is 5.69 Å². The molecule has 0 aliphatic heterocycles. The lowest BCUT2D eigenvalue weighted by atomic mass is 10.2. The summed E-state index contributed by atoms with van der Waals surface area (Å²) < 4.78 is 0. The molecule has 124 valence electrons. The largest absolute Gasteiger partial charge is 0.366 e. The fraction of sp³-hybridized carbons (Fsp3) is 0.263. The average Bonchev–Trinajstić information content (AvgIpc) is 3.15. The van der Waals surface area contributed by atoms with Gasteiger partial charge in [-0.15, -0.1) is 0 Å². The van der Waals surface area contributed by atoms with Crippen LogP contribution in [-0.4, -0.2) is 21.0 Å². The van der Waals surface area contributed by atoms with Crippen LogP contribution in [0.4, 0.5) is 17.3 Å². The zero-order valence-electron chi connectivity index (χ0n) is 13.7. The first-order valence-corrected chi connectivity index (χ1v) is 8.47. The number of anilines is 3. The van der Waals surface area contributed by atoms with Crippen LogP contribution in [0, 0.1) is 11.3 Å². The van der Waals surface area contributed by atoms with Gasteiger partial charge in [0.25, 0.3) is 0 Å². The Labute approximate surface area is 146 Å². The topological polar surface area (TPSA) is 86.5 Å². The van der Waals surface area contributed by atoms with Crippen molar-refractivity contribution in [3.63, 3.8) is 0 Å². The van der Waals surface area contributed by atoms with Crippen molar-refractivity contribution >= 4 is 28.2 Å². The number of nitriles is 1. The highest BCUT2D eigenvalue weighted by molar-refractivity contribution is 5.82. The second kappa shape index (κ2) is 6.73. The number of para-hydroxylation sites is 1. The van der Waals surface area contributed by atoms with Gasteiger partial charge in [0.15, 0.2) is 11.5 Å². The molecule has 4 rings (SSSR count). The van der Waals surface area contributed by atoms with Gasteiger partial charge < -0.3 is 10.6 Å². The van der Waals surface area contributed by atoms with E-state index in [1.165, 1.54) is 12.8 Å². The Bertz CT molecular complexity index is 940. The van der Waals surface area contributed by atoms with E-state index >= 15 is 0 Å². The summed E-state index contributed by atoms with van der Waals surface area (Å²) in [7, 11) is 0. The Morgan fingerprint density at radius 2 is 1.92 bits per heavy atom. The van der Waals surface area contributed by atoms with Crippen LogP contribution >= 0.6 is 0 Å². The van der Waals surface area contributed by atoms with E-state index in [4.69, 9.17) is 0 Å². The summed E-state index contributed by atoms with van der Waals surface area (Å²) in [6.45, 7) is 0. The van der Waals surface area contributed by atoms with Gasteiger partial charge in [0.05, 0.1) is 23.6 Å². The van der Waals surface area contributed by atoms with E-state index in [9.17, 15) is 5.26 Å². The number of hydrogen-bond acceptors (Lipinski definition) is 6. The molecule has 1 fully saturated rings. The van der Waals surface area contributed by atoms with Crippen molar-refractivity contribution in [2.45, 2.75) is 31.7 Å². The summed E-state index contributed by atoms with van der Waals surface area (Å²) in [6, 6.07) is 12.4. The van der Waals surface area contributed by atoms with Gasteiger partial charge >= 0.3 is 0 Å². The quantitative estimate of drug-likeness (QED) is 0.752. The van der Waals surface area contributed by atoms with Crippen LogP contribution in [0.2, 0.25) is 0 Å². The minimum atomic E-state index is 0.269. The van der Waals surface area contributed by atoms with E-state index in [2.05, 4.69) is 31.7 Å². The van der Waals surface area contributed by atoms with Gasteiger partial charge in [-0.1, -0.05) is 31.0 Å². The van der Waals surface area contributed by atoms with Crippen molar-refractivity contribution in [3.05, 3.63) is 48.4 Å². The van der Waals surface area contributed by atoms with Gasteiger partial charge in [0.2, 0.25) is 0 Å². The Balaban J connectivity index is 1.61. The van der Waals surface area contributed by atoms with E-state index in [0.29, 0.717) is 17.7 Å². The first-order chi connectivity index (χ1) is 12.3. The molecular formula is C19H18N6. The molecule has 0 bridgehead atoms. The third-order valence-electron chi connectivity index (χ3n) is 4.44. The standard InChI is InChI=1S/C19H18N6/c20-10-17-19(25-18(12-22-17)23-14-6-2-3-7-14)24-15-9-13-5-1-4-8-16(13)21-11-15/h1,4-5,8-9,11-12,14H,2-3,6-7H2,(H2,23,24,25). The molecule has 2 aromatic heterocycles. The lowest BCUT2D eigenvalue weighted by molar-refractivity contribution is 0.749. The first-order valence-electron chi connectivity index (χ1n) is 8.47. The van der Waals surface area contributed by atoms with Crippen molar-refractivity contribution in [2.75, 3.05) is 10.6 Å². The fourth-order valence-corrected chi connectivity index (χ4v) is 3.18. The molecule has 3 aromatic rings. The molecule has 1 aromatic carbocycles. The summed E-state index contributed by atoms with van der Waals surface area (Å²) in [5, 5.41) is 16.9. The molecule has 0 saturated heterocycles. The second-order valence-electron chi connectivity index (χ2n) is 6.23. The monoisotopic (exact) mass is 330 g/mol. The Morgan fingerprint density at radius 3 is 2.76 bits per heavy atom. The number of nitrogens with zero attached hydrogens (tertiary/aromatic N) is 4. The third kappa shape index (κ3) is 3.36. The molecule has 1 aliphatic rings. The number of benzene rings is 1. The lowest BCUT2D eigenvalue weighted by Crippen LogP contribution is -2.16. The smallest absolute Gasteiger partial charge is 0.183 e. The Morgan fingerprint density at radius 1 is 1.08 bits per heavy atom. The molecule has 0 spiro atoms. The fourth-order valence-electron chi connectivity index (χ4n) is 3.18. The summed E-state index contributed by atoms with van der Waals surface area (Å²) in [6.07, 6.45) is 8.16.